The Morgan fingerprint density at radius 1 is 0.786 bits per heavy atom. The maximum atomic E-state index is 12.9. The van der Waals surface area contributed by atoms with E-state index in [4.69, 9.17) is 5.73 Å². The lowest BCUT2D eigenvalue weighted by atomic mass is 9.82. The molecule has 3 aromatic carbocycles. The molecule has 0 unspecified atom stereocenters. The van der Waals surface area contributed by atoms with Crippen LogP contribution < -0.4 is 11.1 Å². The lowest BCUT2D eigenvalue weighted by molar-refractivity contribution is 0.0952. The van der Waals surface area contributed by atoms with Gasteiger partial charge in [-0.3, -0.25) is 14.4 Å². The van der Waals surface area contributed by atoms with E-state index in [1.807, 2.05) is 30.3 Å². The van der Waals surface area contributed by atoms with Crippen LogP contribution in [0.5, 0.6) is 0 Å². The molecule has 0 spiro atoms. The molecule has 1 amide bonds. The van der Waals surface area contributed by atoms with Crippen LogP contribution in [0, 0.1) is 0 Å². The Balaban J connectivity index is 1.59. The predicted molar refractivity (Wildman–Crippen MR) is 107 cm³/mol. The number of nitrogen functional groups attached to an aromatic ring is 1. The highest BCUT2D eigenvalue weighted by atomic mass is 16.2. The zero-order chi connectivity index (χ0) is 19.7. The molecule has 0 aliphatic heterocycles. The Kier molecular flexibility index (Phi) is 4.49. The molecule has 5 heteroatoms. The van der Waals surface area contributed by atoms with E-state index in [2.05, 4.69) is 5.32 Å². The average molecular weight is 370 g/mol. The molecular formula is C23H18N2O3. The van der Waals surface area contributed by atoms with Crippen molar-refractivity contribution in [1.29, 1.82) is 0 Å². The van der Waals surface area contributed by atoms with Gasteiger partial charge in [0, 0.05) is 23.2 Å². The van der Waals surface area contributed by atoms with E-state index < -0.39 is 0 Å². The highest BCUT2D eigenvalue weighted by molar-refractivity contribution is 6.30. The zero-order valence-electron chi connectivity index (χ0n) is 15.1. The molecule has 0 heterocycles. The number of nitrogens with one attached hydrogen (secondary N) is 1. The molecule has 28 heavy (non-hydrogen) atoms. The number of anilines is 1. The first kappa shape index (κ1) is 17.7. The number of carbonyl (C=O) groups excluding carboxylic acids is 3. The van der Waals surface area contributed by atoms with Crippen molar-refractivity contribution in [2.24, 2.45) is 0 Å². The third-order valence-electron chi connectivity index (χ3n) is 4.92. The van der Waals surface area contributed by atoms with Gasteiger partial charge >= 0.3 is 0 Å². The lowest BCUT2D eigenvalue weighted by Crippen LogP contribution is -2.29. The molecule has 0 aromatic heterocycles. The maximum absolute atomic E-state index is 12.9. The van der Waals surface area contributed by atoms with Gasteiger partial charge in [-0.1, -0.05) is 54.6 Å². The van der Waals surface area contributed by atoms with Crippen molar-refractivity contribution in [2.75, 3.05) is 12.3 Å². The lowest BCUT2D eigenvalue weighted by Gasteiger charge is -2.20. The van der Waals surface area contributed by atoms with Crippen LogP contribution >= 0.6 is 0 Å². The quantitative estimate of drug-likeness (QED) is 0.541. The van der Waals surface area contributed by atoms with Crippen molar-refractivity contribution in [3.63, 3.8) is 0 Å². The van der Waals surface area contributed by atoms with Gasteiger partial charge in [0.15, 0.2) is 11.6 Å². The van der Waals surface area contributed by atoms with E-state index in [0.29, 0.717) is 24.1 Å². The highest BCUT2D eigenvalue weighted by Crippen LogP contribution is 2.32. The summed E-state index contributed by atoms with van der Waals surface area (Å²) in [6, 6.07) is 19.5. The summed E-state index contributed by atoms with van der Waals surface area (Å²) in [5.74, 6) is -0.954. The van der Waals surface area contributed by atoms with Crippen LogP contribution in [0.25, 0.3) is 0 Å². The molecule has 4 rings (SSSR count). The Morgan fingerprint density at radius 3 is 2.14 bits per heavy atom. The summed E-state index contributed by atoms with van der Waals surface area (Å²) < 4.78 is 0. The third-order valence-corrected chi connectivity index (χ3v) is 4.92. The van der Waals surface area contributed by atoms with Crippen LogP contribution in [-0.2, 0) is 6.42 Å². The van der Waals surface area contributed by atoms with Crippen molar-refractivity contribution in [3.8, 4) is 0 Å². The Hall–Kier alpha value is -3.73. The molecule has 3 N–H and O–H groups in total. The van der Waals surface area contributed by atoms with Gasteiger partial charge in [0.1, 0.15) is 0 Å². The zero-order valence-corrected chi connectivity index (χ0v) is 15.1. The molecule has 3 aromatic rings. The minimum absolute atomic E-state index is 0.0440. The van der Waals surface area contributed by atoms with E-state index in [-0.39, 0.29) is 39.9 Å². The van der Waals surface area contributed by atoms with E-state index >= 15 is 0 Å². The molecule has 0 fully saturated rings. The SMILES string of the molecule is Nc1c(C(=O)NCCc2ccccc2)ccc2c1C(=O)c1ccccc1C2=O. The third kappa shape index (κ3) is 2.97. The van der Waals surface area contributed by atoms with Crippen LogP contribution in [0.4, 0.5) is 5.69 Å². The largest absolute Gasteiger partial charge is 0.397 e. The minimum Gasteiger partial charge on any atom is -0.397 e. The van der Waals surface area contributed by atoms with Gasteiger partial charge in [-0.05, 0) is 24.1 Å². The number of nitrogens with two attached hydrogens (primary N) is 1. The number of amides is 1. The summed E-state index contributed by atoms with van der Waals surface area (Å²) >= 11 is 0. The second kappa shape index (κ2) is 7.12. The molecule has 0 bridgehead atoms. The first-order valence-electron chi connectivity index (χ1n) is 9.01. The molecule has 0 saturated heterocycles. The molecule has 5 nitrogen and oxygen atoms in total. The number of ketones is 2. The fraction of sp³-hybridized carbons (Fsp3) is 0.0870. The number of benzene rings is 3. The van der Waals surface area contributed by atoms with E-state index in [1.165, 1.54) is 12.1 Å². The summed E-state index contributed by atoms with van der Waals surface area (Å²) in [7, 11) is 0. The van der Waals surface area contributed by atoms with Gasteiger partial charge in [-0.25, -0.2) is 0 Å². The number of hydrogen-bond acceptors (Lipinski definition) is 4. The number of hydrogen-bond donors (Lipinski definition) is 2. The van der Waals surface area contributed by atoms with Crippen LogP contribution in [0.3, 0.4) is 0 Å². The standard InChI is InChI=1S/C23H18N2O3/c24-20-18(23(28)25-13-12-14-6-2-1-3-7-14)11-10-17-19(20)22(27)16-9-5-4-8-15(16)21(17)26/h1-11H,12-13,24H2,(H,25,28). The molecular weight excluding hydrogens is 352 g/mol. The van der Waals surface area contributed by atoms with Gasteiger partial charge in [0.05, 0.1) is 16.8 Å². The fourth-order valence-corrected chi connectivity index (χ4v) is 3.47. The number of fused-ring (bicyclic) bond motifs is 2. The molecule has 138 valence electrons. The summed E-state index contributed by atoms with van der Waals surface area (Å²) in [6.07, 6.45) is 0.683. The first-order valence-corrected chi connectivity index (χ1v) is 9.01. The molecule has 1 aliphatic rings. The van der Waals surface area contributed by atoms with E-state index in [0.717, 1.165) is 5.56 Å². The Bertz CT molecular complexity index is 1100. The van der Waals surface area contributed by atoms with Crippen LogP contribution in [-0.4, -0.2) is 24.0 Å². The van der Waals surface area contributed by atoms with Crippen LogP contribution in [0.15, 0.2) is 66.7 Å². The maximum Gasteiger partial charge on any atom is 0.253 e. The fourth-order valence-electron chi connectivity index (χ4n) is 3.47. The van der Waals surface area contributed by atoms with Crippen LogP contribution in [0.1, 0.15) is 47.8 Å². The number of carbonyl (C=O) groups is 3. The molecule has 1 aliphatic carbocycles. The molecule has 0 saturated carbocycles. The van der Waals surface area contributed by atoms with E-state index in [9.17, 15) is 14.4 Å². The van der Waals surface area contributed by atoms with Gasteiger partial charge in [0.2, 0.25) is 0 Å². The summed E-state index contributed by atoms with van der Waals surface area (Å²) in [4.78, 5) is 38.2. The van der Waals surface area contributed by atoms with Gasteiger partial charge in [0.25, 0.3) is 5.91 Å². The molecule has 0 atom stereocenters. The predicted octanol–water partition coefficient (Wildman–Crippen LogP) is 3.02. The monoisotopic (exact) mass is 370 g/mol. The van der Waals surface area contributed by atoms with Crippen LogP contribution in [0.2, 0.25) is 0 Å². The summed E-state index contributed by atoms with van der Waals surface area (Å²) in [6.45, 7) is 0.440. The van der Waals surface area contributed by atoms with Crippen molar-refractivity contribution >= 4 is 23.2 Å². The van der Waals surface area contributed by atoms with Crippen molar-refractivity contribution in [2.45, 2.75) is 6.42 Å². The summed E-state index contributed by atoms with van der Waals surface area (Å²) in [5.41, 5.74) is 8.54. The normalized spacial score (nSPS) is 12.3. The first-order chi connectivity index (χ1) is 13.6. The average Bonchev–Trinajstić information content (AvgIpc) is 2.72. The second-order valence-electron chi connectivity index (χ2n) is 6.64. The van der Waals surface area contributed by atoms with Gasteiger partial charge in [-0.2, -0.15) is 0 Å². The minimum atomic E-state index is -0.365. The topological polar surface area (TPSA) is 89.3 Å². The molecule has 0 radical (unpaired) electrons. The van der Waals surface area contributed by atoms with Gasteiger partial charge in [-0.15, -0.1) is 0 Å². The second-order valence-corrected chi connectivity index (χ2v) is 6.64. The Morgan fingerprint density at radius 2 is 1.43 bits per heavy atom. The van der Waals surface area contributed by atoms with E-state index in [1.54, 1.807) is 24.3 Å². The van der Waals surface area contributed by atoms with Crippen molar-refractivity contribution in [1.82, 2.24) is 5.32 Å². The highest BCUT2D eigenvalue weighted by Gasteiger charge is 2.32. The van der Waals surface area contributed by atoms with Crippen molar-refractivity contribution < 1.29 is 14.4 Å². The smallest absolute Gasteiger partial charge is 0.253 e. The Labute approximate surface area is 162 Å². The summed E-state index contributed by atoms with van der Waals surface area (Å²) in [5, 5.41) is 2.83. The van der Waals surface area contributed by atoms with Gasteiger partial charge < -0.3 is 11.1 Å². The van der Waals surface area contributed by atoms with Crippen molar-refractivity contribution in [3.05, 3.63) is 100 Å². The number of rotatable bonds is 4.